The average molecular weight is 437 g/mol. The van der Waals surface area contributed by atoms with Gasteiger partial charge in [-0.1, -0.05) is 60.2 Å². The molecule has 4 aromatic rings. The highest BCUT2D eigenvalue weighted by atomic mass is 16.6. The van der Waals surface area contributed by atoms with Crippen LogP contribution in [-0.2, 0) is 11.2 Å². The van der Waals surface area contributed by atoms with Crippen LogP contribution in [0.15, 0.2) is 78.9 Å². The van der Waals surface area contributed by atoms with Crippen LogP contribution >= 0.6 is 0 Å². The van der Waals surface area contributed by atoms with E-state index in [0.29, 0.717) is 12.1 Å². The summed E-state index contributed by atoms with van der Waals surface area (Å²) in [4.78, 5) is 29.4. The number of nitro benzene ring substituents is 1. The number of nitrogens with one attached hydrogen (secondary N) is 1. The Morgan fingerprint density at radius 1 is 1.09 bits per heavy atom. The van der Waals surface area contributed by atoms with Gasteiger partial charge in [-0.25, -0.2) is 0 Å². The molecular formula is C27H23N3O3. The number of aromatic nitrogens is 1. The zero-order chi connectivity index (χ0) is 22.9. The summed E-state index contributed by atoms with van der Waals surface area (Å²) >= 11 is 0. The van der Waals surface area contributed by atoms with Crippen molar-refractivity contribution in [2.24, 2.45) is 0 Å². The minimum Gasteiger partial charge on any atom is -0.356 e. The standard InChI is InChI=1S/C27H23N3O3/c1-18-9-12-20(13-10-18)27-26-23(22-7-2-3-8-24(22)28-26)15-16-29(27)25(31)14-11-19-5-4-6-21(17-19)30(32)33/h2-14,17,27-28H,15-16H2,1H3/b14-11+. The SMILES string of the molecule is Cc1ccc(C2c3[nH]c4ccccc4c3CCN2C(=O)/C=C/c2cccc([N+](=O)[O-])c2)cc1. The van der Waals surface area contributed by atoms with Gasteiger partial charge in [0.1, 0.15) is 0 Å². The van der Waals surface area contributed by atoms with Crippen LogP contribution < -0.4 is 0 Å². The normalized spacial score (nSPS) is 15.7. The number of fused-ring (bicyclic) bond motifs is 3. The van der Waals surface area contributed by atoms with Gasteiger partial charge >= 0.3 is 0 Å². The van der Waals surface area contributed by atoms with E-state index in [4.69, 9.17) is 0 Å². The third kappa shape index (κ3) is 3.91. The maximum atomic E-state index is 13.4. The Kier molecular flexibility index (Phi) is 5.26. The zero-order valence-electron chi connectivity index (χ0n) is 18.2. The topological polar surface area (TPSA) is 79.2 Å². The fourth-order valence-corrected chi connectivity index (χ4v) is 4.58. The van der Waals surface area contributed by atoms with Gasteiger partial charge in [-0.3, -0.25) is 14.9 Å². The fraction of sp³-hybridized carbons (Fsp3) is 0.148. The number of carbonyl (C=O) groups is 1. The molecule has 1 N–H and O–H groups in total. The molecule has 3 aromatic carbocycles. The van der Waals surface area contributed by atoms with Crippen molar-refractivity contribution in [1.29, 1.82) is 0 Å². The zero-order valence-corrected chi connectivity index (χ0v) is 18.2. The summed E-state index contributed by atoms with van der Waals surface area (Å²) in [7, 11) is 0. The number of rotatable bonds is 4. The van der Waals surface area contributed by atoms with Crippen molar-refractivity contribution in [3.63, 3.8) is 0 Å². The predicted molar refractivity (Wildman–Crippen MR) is 129 cm³/mol. The second-order valence-corrected chi connectivity index (χ2v) is 8.34. The minimum atomic E-state index is -0.436. The highest BCUT2D eigenvalue weighted by molar-refractivity contribution is 5.93. The van der Waals surface area contributed by atoms with Gasteiger partial charge in [0.25, 0.3) is 5.69 Å². The van der Waals surface area contributed by atoms with Gasteiger partial charge in [-0.15, -0.1) is 0 Å². The molecule has 2 heterocycles. The van der Waals surface area contributed by atoms with Crippen molar-refractivity contribution in [2.75, 3.05) is 6.54 Å². The lowest BCUT2D eigenvalue weighted by atomic mass is 9.92. The van der Waals surface area contributed by atoms with Crippen LogP contribution in [0, 0.1) is 17.0 Å². The Labute approximate surface area is 191 Å². The average Bonchev–Trinajstić information content (AvgIpc) is 3.21. The summed E-state index contributed by atoms with van der Waals surface area (Å²) in [5.74, 6) is -0.128. The van der Waals surface area contributed by atoms with Crippen LogP contribution in [-0.4, -0.2) is 27.3 Å². The lowest BCUT2D eigenvalue weighted by Crippen LogP contribution is -2.39. The Morgan fingerprint density at radius 3 is 2.67 bits per heavy atom. The van der Waals surface area contributed by atoms with E-state index in [1.54, 1.807) is 18.2 Å². The van der Waals surface area contributed by atoms with E-state index in [9.17, 15) is 14.9 Å². The first kappa shape index (κ1) is 20.7. The van der Waals surface area contributed by atoms with Crippen molar-refractivity contribution in [3.8, 4) is 0 Å². The number of carbonyl (C=O) groups excluding carboxylic acids is 1. The van der Waals surface area contributed by atoms with Gasteiger partial charge < -0.3 is 9.88 Å². The monoisotopic (exact) mass is 437 g/mol. The summed E-state index contributed by atoms with van der Waals surface area (Å²) < 4.78 is 0. The van der Waals surface area contributed by atoms with Gasteiger partial charge in [0.05, 0.1) is 11.0 Å². The fourth-order valence-electron chi connectivity index (χ4n) is 4.58. The molecule has 0 fully saturated rings. The van der Waals surface area contributed by atoms with E-state index in [0.717, 1.165) is 28.8 Å². The third-order valence-corrected chi connectivity index (χ3v) is 6.21. The smallest absolute Gasteiger partial charge is 0.270 e. The van der Waals surface area contributed by atoms with E-state index >= 15 is 0 Å². The molecule has 0 aliphatic carbocycles. The number of benzene rings is 3. The third-order valence-electron chi connectivity index (χ3n) is 6.21. The first-order valence-corrected chi connectivity index (χ1v) is 10.9. The van der Waals surface area contributed by atoms with Gasteiger partial charge in [-0.2, -0.15) is 0 Å². The van der Waals surface area contributed by atoms with Crippen LogP contribution in [0.4, 0.5) is 5.69 Å². The highest BCUT2D eigenvalue weighted by Crippen LogP contribution is 2.38. The van der Waals surface area contributed by atoms with E-state index in [1.807, 2.05) is 24.0 Å². The number of nitrogens with zero attached hydrogens (tertiary/aromatic N) is 2. The van der Waals surface area contributed by atoms with Crippen LogP contribution in [0.2, 0.25) is 0 Å². The summed E-state index contributed by atoms with van der Waals surface area (Å²) in [5.41, 5.74) is 6.20. The van der Waals surface area contributed by atoms with Crippen LogP contribution in [0.25, 0.3) is 17.0 Å². The van der Waals surface area contributed by atoms with Crippen molar-refractivity contribution in [1.82, 2.24) is 9.88 Å². The first-order valence-electron chi connectivity index (χ1n) is 10.9. The number of non-ortho nitro benzene ring substituents is 1. The molecule has 0 saturated heterocycles. The van der Waals surface area contributed by atoms with Crippen LogP contribution in [0.3, 0.4) is 0 Å². The predicted octanol–water partition coefficient (Wildman–Crippen LogP) is 5.57. The molecule has 6 heteroatoms. The number of hydrogen-bond donors (Lipinski definition) is 1. The van der Waals surface area contributed by atoms with Crippen LogP contribution in [0.5, 0.6) is 0 Å². The number of nitro groups is 1. The molecule has 1 aliphatic heterocycles. The molecule has 0 bridgehead atoms. The highest BCUT2D eigenvalue weighted by Gasteiger charge is 2.33. The Bertz CT molecular complexity index is 1390. The second-order valence-electron chi connectivity index (χ2n) is 8.34. The Morgan fingerprint density at radius 2 is 1.88 bits per heavy atom. The Hall–Kier alpha value is -4.19. The summed E-state index contributed by atoms with van der Waals surface area (Å²) in [6.07, 6.45) is 3.91. The van der Waals surface area contributed by atoms with Crippen molar-refractivity contribution >= 4 is 28.6 Å². The molecule has 1 aliphatic rings. The summed E-state index contributed by atoms with van der Waals surface area (Å²) in [6, 6.07) is 22.6. The molecule has 33 heavy (non-hydrogen) atoms. The summed E-state index contributed by atoms with van der Waals surface area (Å²) in [6.45, 7) is 2.63. The summed E-state index contributed by atoms with van der Waals surface area (Å²) in [5, 5.41) is 12.3. The molecule has 0 radical (unpaired) electrons. The molecular weight excluding hydrogens is 414 g/mol. The van der Waals surface area contributed by atoms with Gasteiger partial charge in [-0.05, 0) is 42.2 Å². The van der Waals surface area contributed by atoms with E-state index in [-0.39, 0.29) is 17.6 Å². The lowest BCUT2D eigenvalue weighted by Gasteiger charge is -2.35. The maximum absolute atomic E-state index is 13.4. The molecule has 5 rings (SSSR count). The maximum Gasteiger partial charge on any atom is 0.270 e. The number of para-hydroxylation sites is 1. The number of amides is 1. The van der Waals surface area contributed by atoms with E-state index in [2.05, 4.69) is 41.4 Å². The van der Waals surface area contributed by atoms with Crippen molar-refractivity contribution in [2.45, 2.75) is 19.4 Å². The molecule has 6 nitrogen and oxygen atoms in total. The minimum absolute atomic E-state index is 0.00261. The number of H-pyrrole nitrogens is 1. The largest absolute Gasteiger partial charge is 0.356 e. The van der Waals surface area contributed by atoms with Crippen LogP contribution in [0.1, 0.15) is 34.0 Å². The molecule has 1 amide bonds. The van der Waals surface area contributed by atoms with Gasteiger partial charge in [0.2, 0.25) is 5.91 Å². The molecule has 1 atom stereocenters. The lowest BCUT2D eigenvalue weighted by molar-refractivity contribution is -0.384. The Balaban J connectivity index is 1.53. The van der Waals surface area contributed by atoms with Crippen molar-refractivity contribution in [3.05, 3.63) is 117 Å². The molecule has 0 spiro atoms. The second kappa shape index (κ2) is 8.39. The van der Waals surface area contributed by atoms with Crippen molar-refractivity contribution < 1.29 is 9.72 Å². The molecule has 1 aromatic heterocycles. The number of aryl methyl sites for hydroxylation is 1. The first-order chi connectivity index (χ1) is 16.0. The molecule has 0 saturated carbocycles. The number of aromatic amines is 1. The van der Waals surface area contributed by atoms with E-state index < -0.39 is 4.92 Å². The van der Waals surface area contributed by atoms with Gasteiger partial charge in [0.15, 0.2) is 0 Å². The van der Waals surface area contributed by atoms with Gasteiger partial charge in [0, 0.05) is 41.4 Å². The van der Waals surface area contributed by atoms with E-state index in [1.165, 1.54) is 29.2 Å². The molecule has 164 valence electrons. The number of hydrogen-bond acceptors (Lipinski definition) is 3. The quantitative estimate of drug-likeness (QED) is 0.257. The molecule has 1 unspecified atom stereocenters.